The number of carbonyl (C=O) groups excluding carboxylic acids is 1. The van der Waals surface area contributed by atoms with Gasteiger partial charge < -0.3 is 14.0 Å². The Morgan fingerprint density at radius 3 is 2.96 bits per heavy atom. The highest BCUT2D eigenvalue weighted by Crippen LogP contribution is 2.23. The van der Waals surface area contributed by atoms with Crippen molar-refractivity contribution in [3.05, 3.63) is 52.7 Å². The summed E-state index contributed by atoms with van der Waals surface area (Å²) in [5, 5.41) is 0. The van der Waals surface area contributed by atoms with Gasteiger partial charge in [-0.2, -0.15) is 4.99 Å². The molecule has 0 fully saturated rings. The molecular formula is C17H18N2O3S. The number of ether oxygens (including phenoxy) is 2. The lowest BCUT2D eigenvalue weighted by molar-refractivity contribution is -0.119. The zero-order chi connectivity index (χ0) is 16.4. The van der Waals surface area contributed by atoms with Crippen LogP contribution in [0.1, 0.15) is 11.1 Å². The average Bonchev–Trinajstić information content (AvgIpc) is 2.86. The SMILES string of the molecule is C=CCn1c(=NC(=O)C2=COCCO2)sc2cc(C)cc(C)c21. The molecule has 0 spiro atoms. The van der Waals surface area contributed by atoms with Crippen molar-refractivity contribution in [1.29, 1.82) is 0 Å². The lowest BCUT2D eigenvalue weighted by Gasteiger charge is -2.12. The highest BCUT2D eigenvalue weighted by molar-refractivity contribution is 7.16. The summed E-state index contributed by atoms with van der Waals surface area (Å²) in [4.78, 5) is 17.1. The Hall–Kier alpha value is -2.34. The maximum absolute atomic E-state index is 12.3. The van der Waals surface area contributed by atoms with Crippen LogP contribution in [0.2, 0.25) is 0 Å². The van der Waals surface area contributed by atoms with E-state index in [1.54, 1.807) is 6.08 Å². The van der Waals surface area contributed by atoms with Gasteiger partial charge in [0.2, 0.25) is 5.76 Å². The summed E-state index contributed by atoms with van der Waals surface area (Å²) in [6.45, 7) is 9.33. The summed E-state index contributed by atoms with van der Waals surface area (Å²) >= 11 is 1.49. The number of fused-ring (bicyclic) bond motifs is 1. The Kier molecular flexibility index (Phi) is 4.34. The number of aryl methyl sites for hydroxylation is 2. The van der Waals surface area contributed by atoms with Gasteiger partial charge in [0.1, 0.15) is 19.5 Å². The Labute approximate surface area is 138 Å². The van der Waals surface area contributed by atoms with Gasteiger partial charge in [0.15, 0.2) is 4.80 Å². The van der Waals surface area contributed by atoms with Crippen LogP contribution in [0.5, 0.6) is 0 Å². The number of hydrogen-bond donors (Lipinski definition) is 0. The minimum atomic E-state index is -0.427. The number of aromatic nitrogens is 1. The van der Waals surface area contributed by atoms with Gasteiger partial charge in [0.25, 0.3) is 0 Å². The smallest absolute Gasteiger partial charge is 0.317 e. The van der Waals surface area contributed by atoms with Crippen molar-refractivity contribution in [3.63, 3.8) is 0 Å². The van der Waals surface area contributed by atoms with E-state index >= 15 is 0 Å². The van der Waals surface area contributed by atoms with Gasteiger partial charge in [0.05, 0.1) is 10.2 Å². The number of benzene rings is 1. The zero-order valence-electron chi connectivity index (χ0n) is 13.2. The summed E-state index contributed by atoms with van der Waals surface area (Å²) in [7, 11) is 0. The molecule has 0 saturated heterocycles. The first-order valence-electron chi connectivity index (χ1n) is 7.35. The van der Waals surface area contributed by atoms with E-state index in [4.69, 9.17) is 9.47 Å². The lowest BCUT2D eigenvalue weighted by atomic mass is 10.1. The van der Waals surface area contributed by atoms with E-state index in [2.05, 4.69) is 37.6 Å². The summed E-state index contributed by atoms with van der Waals surface area (Å²) in [5.74, 6) is -0.282. The number of rotatable bonds is 3. The van der Waals surface area contributed by atoms with Crippen molar-refractivity contribution in [1.82, 2.24) is 4.57 Å². The van der Waals surface area contributed by atoms with Crippen molar-refractivity contribution < 1.29 is 14.3 Å². The molecule has 0 unspecified atom stereocenters. The Balaban J connectivity index is 2.16. The van der Waals surface area contributed by atoms with Gasteiger partial charge in [-0.25, -0.2) is 0 Å². The van der Waals surface area contributed by atoms with Gasteiger partial charge in [-0.3, -0.25) is 4.79 Å². The van der Waals surface area contributed by atoms with E-state index in [0.717, 1.165) is 15.8 Å². The van der Waals surface area contributed by atoms with Crippen LogP contribution in [0, 0.1) is 13.8 Å². The van der Waals surface area contributed by atoms with Crippen molar-refractivity contribution in [2.75, 3.05) is 13.2 Å². The number of amides is 1. The second-order valence-electron chi connectivity index (χ2n) is 5.33. The molecule has 3 rings (SSSR count). The molecule has 0 saturated carbocycles. The van der Waals surface area contributed by atoms with Gasteiger partial charge in [-0.1, -0.05) is 23.5 Å². The summed E-state index contributed by atoms with van der Waals surface area (Å²) in [5.41, 5.74) is 3.43. The van der Waals surface area contributed by atoms with E-state index in [9.17, 15) is 4.79 Å². The fraction of sp³-hybridized carbons (Fsp3) is 0.294. The minimum Gasteiger partial charge on any atom is -0.494 e. The standard InChI is InChI=1S/C17H18N2O3S/c1-4-5-19-15-12(3)8-11(2)9-14(15)23-17(19)18-16(20)13-10-21-6-7-22-13/h4,8-10H,1,5-7H2,2-3H3. The quantitative estimate of drug-likeness (QED) is 0.813. The van der Waals surface area contributed by atoms with Crippen molar-refractivity contribution in [2.45, 2.75) is 20.4 Å². The molecule has 1 amide bonds. The zero-order valence-corrected chi connectivity index (χ0v) is 14.0. The number of allylic oxidation sites excluding steroid dienone is 1. The second kappa shape index (κ2) is 6.42. The van der Waals surface area contributed by atoms with Crippen LogP contribution in [0.3, 0.4) is 0 Å². The number of thiazole rings is 1. The van der Waals surface area contributed by atoms with Crippen LogP contribution in [-0.4, -0.2) is 23.7 Å². The summed E-state index contributed by atoms with van der Waals surface area (Å²) in [6.07, 6.45) is 3.13. The number of nitrogens with zero attached hydrogens (tertiary/aromatic N) is 2. The first-order chi connectivity index (χ1) is 11.1. The predicted molar refractivity (Wildman–Crippen MR) is 90.0 cm³/mol. The lowest BCUT2D eigenvalue weighted by Crippen LogP contribution is -2.19. The third kappa shape index (κ3) is 3.07. The van der Waals surface area contributed by atoms with Gasteiger partial charge in [-0.15, -0.1) is 6.58 Å². The first kappa shape index (κ1) is 15.6. The predicted octanol–water partition coefficient (Wildman–Crippen LogP) is 2.82. The van der Waals surface area contributed by atoms with Crippen molar-refractivity contribution >= 4 is 27.5 Å². The number of carbonyl (C=O) groups is 1. The van der Waals surface area contributed by atoms with Crippen molar-refractivity contribution in [2.24, 2.45) is 4.99 Å². The molecule has 1 aromatic heterocycles. The van der Waals surface area contributed by atoms with Gasteiger partial charge >= 0.3 is 5.91 Å². The molecule has 120 valence electrons. The molecule has 0 bridgehead atoms. The summed E-state index contributed by atoms with van der Waals surface area (Å²) < 4.78 is 13.5. The van der Waals surface area contributed by atoms with Gasteiger partial charge in [0, 0.05) is 6.54 Å². The molecule has 1 aliphatic rings. The Morgan fingerprint density at radius 1 is 1.43 bits per heavy atom. The molecule has 1 aliphatic heterocycles. The third-order valence-corrected chi connectivity index (χ3v) is 4.51. The molecule has 5 nitrogen and oxygen atoms in total. The third-order valence-electron chi connectivity index (χ3n) is 3.48. The topological polar surface area (TPSA) is 52.8 Å². The van der Waals surface area contributed by atoms with E-state index in [-0.39, 0.29) is 5.76 Å². The molecule has 2 aromatic rings. The fourth-order valence-corrected chi connectivity index (χ4v) is 3.81. The van der Waals surface area contributed by atoms with E-state index in [1.807, 2.05) is 4.57 Å². The molecule has 23 heavy (non-hydrogen) atoms. The first-order valence-corrected chi connectivity index (χ1v) is 8.17. The van der Waals surface area contributed by atoms with Crippen molar-refractivity contribution in [3.8, 4) is 0 Å². The molecule has 6 heteroatoms. The molecule has 0 atom stereocenters. The Bertz CT molecular complexity index is 874. The largest absolute Gasteiger partial charge is 0.494 e. The highest BCUT2D eigenvalue weighted by Gasteiger charge is 2.16. The number of hydrogen-bond acceptors (Lipinski definition) is 4. The van der Waals surface area contributed by atoms with Crippen LogP contribution in [0.15, 0.2) is 41.8 Å². The molecule has 2 heterocycles. The Morgan fingerprint density at radius 2 is 2.26 bits per heavy atom. The van der Waals surface area contributed by atoms with E-state index in [0.29, 0.717) is 24.6 Å². The summed E-state index contributed by atoms with van der Waals surface area (Å²) in [6, 6.07) is 4.23. The van der Waals surface area contributed by atoms with Crippen LogP contribution < -0.4 is 4.80 Å². The average molecular weight is 330 g/mol. The monoisotopic (exact) mass is 330 g/mol. The highest BCUT2D eigenvalue weighted by atomic mass is 32.1. The van der Waals surface area contributed by atoms with Crippen LogP contribution >= 0.6 is 11.3 Å². The molecule has 0 aliphatic carbocycles. The fourth-order valence-electron chi connectivity index (χ4n) is 2.60. The van der Waals surface area contributed by atoms with E-state index < -0.39 is 5.91 Å². The van der Waals surface area contributed by atoms with Crippen LogP contribution in [0.25, 0.3) is 10.2 Å². The van der Waals surface area contributed by atoms with E-state index in [1.165, 1.54) is 23.2 Å². The maximum Gasteiger partial charge on any atom is 0.317 e. The van der Waals surface area contributed by atoms with Crippen LogP contribution in [-0.2, 0) is 20.8 Å². The molecular weight excluding hydrogens is 312 g/mol. The molecule has 0 N–H and O–H groups in total. The molecule has 0 radical (unpaired) electrons. The normalized spacial score (nSPS) is 15.0. The maximum atomic E-state index is 12.3. The second-order valence-corrected chi connectivity index (χ2v) is 6.34. The van der Waals surface area contributed by atoms with Crippen LogP contribution in [0.4, 0.5) is 0 Å². The minimum absolute atomic E-state index is 0.145. The van der Waals surface area contributed by atoms with Gasteiger partial charge in [-0.05, 0) is 31.0 Å². The molecule has 1 aromatic carbocycles.